The van der Waals surface area contributed by atoms with Crippen LogP contribution < -0.4 is 4.18 Å². The van der Waals surface area contributed by atoms with Crippen LogP contribution in [0.25, 0.3) is 11.1 Å². The molecule has 3 aliphatic rings. The Bertz CT molecular complexity index is 1480. The molecule has 5 radical (unpaired) electrons. The first-order valence-corrected chi connectivity index (χ1v) is 13.6. The number of carbonyl (C=O) groups excluding carboxylic acids is 1. The second-order valence-corrected chi connectivity index (χ2v) is 11.1. The van der Waals surface area contributed by atoms with Crippen LogP contribution in [0.15, 0.2) is 72.8 Å². The number of Topliss-reactive ketones (excluding diaryl/α,β-unsaturated/α-hetero) is 1. The van der Waals surface area contributed by atoms with E-state index in [0.717, 1.165) is 16.7 Å². The molecule has 6 rings (SSSR count). The quantitative estimate of drug-likeness (QED) is 0.343. The van der Waals surface area contributed by atoms with E-state index in [1.807, 2.05) is 0 Å². The van der Waals surface area contributed by atoms with Crippen LogP contribution in [0.2, 0.25) is 0 Å². The highest BCUT2D eigenvalue weighted by molar-refractivity contribution is 7.87. The fraction of sp³-hybridized carbons (Fsp3) is 0.133. The number of hydrogen-bond donors (Lipinski definition) is 2. The minimum absolute atomic E-state index is 0.0948. The van der Waals surface area contributed by atoms with E-state index in [2.05, 4.69) is 0 Å². The van der Waals surface area contributed by atoms with E-state index in [9.17, 15) is 23.4 Å². The minimum atomic E-state index is -4.12. The smallest absolute Gasteiger partial charge is 0.315 e. The predicted octanol–water partition coefficient (Wildman–Crippen LogP) is 4.55. The molecular weight excluding hydrogens is 504 g/mol. The first-order chi connectivity index (χ1) is 18.3. The number of fused-ring (bicyclic) bond motifs is 2. The zero-order chi connectivity index (χ0) is 26.4. The molecule has 1 saturated heterocycles. The van der Waals surface area contributed by atoms with E-state index in [-0.39, 0.29) is 29.5 Å². The molecule has 2 N–H and O–H groups in total. The number of rotatable bonds is 7. The zero-order valence-electron chi connectivity index (χ0n) is 20.0. The molecule has 0 amide bonds. The summed E-state index contributed by atoms with van der Waals surface area (Å²) in [5.41, 5.74) is 3.54. The third kappa shape index (κ3) is 4.48. The summed E-state index contributed by atoms with van der Waals surface area (Å²) in [5.74, 6) is 0.735. The van der Waals surface area contributed by atoms with Crippen LogP contribution in [0.5, 0.6) is 17.2 Å². The molecule has 1 saturated carbocycles. The number of phenols is 2. The van der Waals surface area contributed by atoms with Gasteiger partial charge in [-0.05, 0) is 96.5 Å². The van der Waals surface area contributed by atoms with E-state index in [4.69, 9.17) is 8.92 Å². The summed E-state index contributed by atoms with van der Waals surface area (Å²) in [6.07, 6.45) is 5.94. The topological polar surface area (TPSA) is 110 Å². The maximum atomic E-state index is 13.5. The van der Waals surface area contributed by atoms with Crippen molar-refractivity contribution in [1.82, 2.24) is 0 Å². The van der Waals surface area contributed by atoms with Crippen molar-refractivity contribution in [2.45, 2.75) is 23.9 Å². The van der Waals surface area contributed by atoms with Crippen molar-refractivity contribution in [3.8, 4) is 17.2 Å². The zero-order valence-corrected chi connectivity index (χ0v) is 20.8. The molecule has 2 bridgehead atoms. The number of ether oxygens (including phenoxy) is 1. The Morgan fingerprint density at radius 3 is 1.92 bits per heavy atom. The molecule has 38 heavy (non-hydrogen) atoms. The maximum Gasteiger partial charge on any atom is 0.315 e. The van der Waals surface area contributed by atoms with Gasteiger partial charge in [0, 0.05) is 12.0 Å². The summed E-state index contributed by atoms with van der Waals surface area (Å²) in [5, 5.41) is 18.6. The van der Waals surface area contributed by atoms with Crippen molar-refractivity contribution in [3.05, 3.63) is 121 Å². The van der Waals surface area contributed by atoms with Crippen molar-refractivity contribution in [2.24, 2.45) is 0 Å². The van der Waals surface area contributed by atoms with Gasteiger partial charge in [-0.1, -0.05) is 24.3 Å². The van der Waals surface area contributed by atoms with E-state index in [1.165, 1.54) is 12.1 Å². The van der Waals surface area contributed by atoms with E-state index < -0.39 is 27.6 Å². The van der Waals surface area contributed by atoms with E-state index in [0.29, 0.717) is 17.1 Å². The molecule has 2 heterocycles. The fourth-order valence-corrected chi connectivity index (χ4v) is 6.60. The summed E-state index contributed by atoms with van der Waals surface area (Å²) < 4.78 is 38.6. The van der Waals surface area contributed by atoms with Crippen molar-refractivity contribution in [3.63, 3.8) is 0 Å². The standard InChI is InChI=1S/C30H23O7S/c31-22-11-5-18(6-12-22)27-25-17-26(30(36-25)28(27)19-7-13-23(32)14-8-19)38(34,35)37-24-15-9-21(10-16-24)29(33)20-3-1-2-4-20/h1-16,25-26,30-32H,17H2/t25-,26+,30+/m1/s1. The normalized spacial score (nSPS) is 23.2. The molecule has 7 nitrogen and oxygen atoms in total. The van der Waals surface area contributed by atoms with Gasteiger partial charge in [-0.3, -0.25) is 4.79 Å². The average Bonchev–Trinajstić information content (AvgIpc) is 3.67. The molecule has 3 atom stereocenters. The molecule has 0 aromatic heterocycles. The lowest BCUT2D eigenvalue weighted by Crippen LogP contribution is -2.35. The Morgan fingerprint density at radius 2 is 1.34 bits per heavy atom. The van der Waals surface area contributed by atoms with Gasteiger partial charge in [-0.2, -0.15) is 8.42 Å². The van der Waals surface area contributed by atoms with Crippen molar-refractivity contribution < 1.29 is 32.3 Å². The first kappa shape index (κ1) is 24.7. The fourth-order valence-electron chi connectivity index (χ4n) is 5.18. The summed E-state index contributed by atoms with van der Waals surface area (Å²) in [4.78, 5) is 12.5. The number of phenolic OH excluding ortho intramolecular Hbond substituents is 2. The van der Waals surface area contributed by atoms with Crippen LogP contribution in [-0.2, 0) is 14.9 Å². The molecule has 1 aliphatic carbocycles. The van der Waals surface area contributed by atoms with Gasteiger partial charge in [-0.15, -0.1) is 0 Å². The lowest BCUT2D eigenvalue weighted by molar-refractivity contribution is 0.101. The number of aromatic hydroxyl groups is 2. The van der Waals surface area contributed by atoms with E-state index >= 15 is 0 Å². The minimum Gasteiger partial charge on any atom is -0.508 e. The molecular formula is C30H23O7S. The highest BCUT2D eigenvalue weighted by atomic mass is 32.2. The van der Waals surface area contributed by atoms with Gasteiger partial charge in [0.1, 0.15) is 28.6 Å². The molecule has 2 fully saturated rings. The summed E-state index contributed by atoms with van der Waals surface area (Å²) in [6, 6.07) is 19.3. The SMILES string of the molecule is O=C([C]1[CH][CH][CH][CH]1)c1ccc(OS(=O)(=O)[C@H]2C[C@H]3O[C@@H]2C(c2ccc(O)cc2)=C3c2ccc(O)cc2)cc1. The number of ketones is 1. The average molecular weight is 528 g/mol. The van der Waals surface area contributed by atoms with Crippen LogP contribution in [0.1, 0.15) is 27.9 Å². The highest BCUT2D eigenvalue weighted by Crippen LogP contribution is 2.51. The monoisotopic (exact) mass is 527 g/mol. The van der Waals surface area contributed by atoms with Crippen LogP contribution in [0.3, 0.4) is 0 Å². The van der Waals surface area contributed by atoms with Crippen molar-refractivity contribution in [2.75, 3.05) is 0 Å². The predicted molar refractivity (Wildman–Crippen MR) is 141 cm³/mol. The second kappa shape index (κ2) is 9.60. The highest BCUT2D eigenvalue weighted by Gasteiger charge is 2.53. The molecule has 0 spiro atoms. The molecule has 3 aromatic carbocycles. The van der Waals surface area contributed by atoms with Gasteiger partial charge in [0.2, 0.25) is 0 Å². The molecule has 8 heteroatoms. The second-order valence-electron chi connectivity index (χ2n) is 9.34. The Morgan fingerprint density at radius 1 is 0.789 bits per heavy atom. The molecule has 0 unspecified atom stereocenters. The van der Waals surface area contributed by atoms with Crippen LogP contribution in [0.4, 0.5) is 0 Å². The largest absolute Gasteiger partial charge is 0.508 e. The Labute approximate surface area is 221 Å². The third-order valence-electron chi connectivity index (χ3n) is 6.97. The Balaban J connectivity index is 1.28. The van der Waals surface area contributed by atoms with Crippen LogP contribution in [-0.4, -0.2) is 41.9 Å². The van der Waals surface area contributed by atoms with Gasteiger partial charge < -0.3 is 19.1 Å². The van der Waals surface area contributed by atoms with Gasteiger partial charge >= 0.3 is 10.1 Å². The van der Waals surface area contributed by atoms with Gasteiger partial charge in [0.25, 0.3) is 0 Å². The number of benzene rings is 3. The van der Waals surface area contributed by atoms with Crippen molar-refractivity contribution >= 4 is 27.0 Å². The van der Waals surface area contributed by atoms with Gasteiger partial charge in [0.15, 0.2) is 5.78 Å². The maximum absolute atomic E-state index is 13.5. The summed E-state index contributed by atoms with van der Waals surface area (Å²) in [6.45, 7) is 0. The lowest BCUT2D eigenvalue weighted by atomic mass is 9.83. The van der Waals surface area contributed by atoms with Gasteiger partial charge in [0.05, 0.1) is 12.0 Å². The van der Waals surface area contributed by atoms with Crippen LogP contribution >= 0.6 is 0 Å². The molecule has 191 valence electrons. The lowest BCUT2D eigenvalue weighted by Gasteiger charge is -2.24. The molecule has 3 aromatic rings. The van der Waals surface area contributed by atoms with E-state index in [1.54, 1.807) is 86.3 Å². The Kier molecular flexibility index (Phi) is 6.24. The number of hydrogen-bond acceptors (Lipinski definition) is 7. The Hall–Kier alpha value is -3.62. The third-order valence-corrected chi connectivity index (χ3v) is 8.58. The summed E-state index contributed by atoms with van der Waals surface area (Å²) in [7, 11) is -4.12. The van der Waals surface area contributed by atoms with Crippen LogP contribution in [0, 0.1) is 31.6 Å². The number of carbonyl (C=O) groups is 1. The van der Waals surface area contributed by atoms with Gasteiger partial charge in [-0.25, -0.2) is 0 Å². The summed E-state index contributed by atoms with van der Waals surface area (Å²) >= 11 is 0. The van der Waals surface area contributed by atoms with Crippen molar-refractivity contribution in [1.29, 1.82) is 0 Å². The first-order valence-electron chi connectivity index (χ1n) is 12.1. The molecule has 2 aliphatic heterocycles.